The Morgan fingerprint density at radius 3 is 2.79 bits per heavy atom. The first-order valence-electron chi connectivity index (χ1n) is 10.2. The summed E-state index contributed by atoms with van der Waals surface area (Å²) in [7, 11) is 0. The number of carbonyl (C=O) groups is 3. The Balaban J connectivity index is 1.30. The number of hydrogen-bond acceptors (Lipinski definition) is 6. The Hall–Kier alpha value is -2.22. The van der Waals surface area contributed by atoms with Gasteiger partial charge in [-0.15, -0.1) is 11.8 Å². The molecule has 3 aliphatic heterocycles. The van der Waals surface area contributed by atoms with Crippen LogP contribution < -0.4 is 10.2 Å². The van der Waals surface area contributed by atoms with Crippen LogP contribution in [0, 0.1) is 6.92 Å². The highest BCUT2D eigenvalue weighted by Gasteiger charge is 2.53. The van der Waals surface area contributed by atoms with Crippen molar-refractivity contribution in [2.75, 3.05) is 35.7 Å². The zero-order chi connectivity index (χ0) is 20.6. The minimum Gasteiger partial charge on any atom is -0.454 e. The number of hydrogen-bond donors (Lipinski definition) is 1. The van der Waals surface area contributed by atoms with E-state index in [9.17, 15) is 14.4 Å². The van der Waals surface area contributed by atoms with Gasteiger partial charge in [0.05, 0.1) is 4.87 Å². The van der Waals surface area contributed by atoms with E-state index in [0.717, 1.165) is 25.1 Å². The second kappa shape index (κ2) is 7.89. The van der Waals surface area contributed by atoms with Crippen molar-refractivity contribution < 1.29 is 19.1 Å². The molecule has 4 rings (SSSR count). The van der Waals surface area contributed by atoms with Crippen molar-refractivity contribution in [3.8, 4) is 0 Å². The van der Waals surface area contributed by atoms with E-state index in [0.29, 0.717) is 17.9 Å². The van der Waals surface area contributed by atoms with Crippen molar-refractivity contribution in [1.82, 2.24) is 4.90 Å². The van der Waals surface area contributed by atoms with Crippen molar-refractivity contribution in [3.63, 3.8) is 0 Å². The SMILES string of the molecule is Cc1cc(NC(=O)COC(=O)[C@H]2CS[C@@]3(C)CCC(=O)N23)ccc1N1CCCC1. The summed E-state index contributed by atoms with van der Waals surface area (Å²) < 4.78 is 5.23. The molecule has 3 saturated heterocycles. The van der Waals surface area contributed by atoms with Crippen LogP contribution in [-0.4, -0.2) is 59.0 Å². The smallest absolute Gasteiger partial charge is 0.330 e. The lowest BCUT2D eigenvalue weighted by molar-refractivity contribution is -0.155. The molecule has 3 heterocycles. The molecule has 7 nitrogen and oxygen atoms in total. The lowest BCUT2D eigenvalue weighted by Crippen LogP contribution is -2.47. The second-order valence-electron chi connectivity index (χ2n) is 8.12. The average Bonchev–Trinajstić information content (AvgIpc) is 3.38. The summed E-state index contributed by atoms with van der Waals surface area (Å²) in [4.78, 5) is 40.5. The van der Waals surface area contributed by atoms with Crippen LogP contribution in [0.3, 0.4) is 0 Å². The first kappa shape index (κ1) is 20.1. The fraction of sp³-hybridized carbons (Fsp3) is 0.571. The molecular formula is C21H27N3O4S. The molecule has 0 bridgehead atoms. The Morgan fingerprint density at radius 1 is 1.31 bits per heavy atom. The summed E-state index contributed by atoms with van der Waals surface area (Å²) in [5.74, 6) is -0.391. The number of benzene rings is 1. The molecule has 0 saturated carbocycles. The molecule has 1 aromatic carbocycles. The molecule has 2 amide bonds. The van der Waals surface area contributed by atoms with Gasteiger partial charge in [-0.3, -0.25) is 9.59 Å². The second-order valence-corrected chi connectivity index (χ2v) is 9.62. The van der Waals surface area contributed by atoms with Gasteiger partial charge >= 0.3 is 5.97 Å². The third kappa shape index (κ3) is 3.95. The van der Waals surface area contributed by atoms with E-state index in [4.69, 9.17) is 4.74 Å². The number of rotatable bonds is 5. The number of ether oxygens (including phenoxy) is 1. The van der Waals surface area contributed by atoms with Gasteiger partial charge < -0.3 is 19.9 Å². The highest BCUT2D eigenvalue weighted by atomic mass is 32.2. The van der Waals surface area contributed by atoms with Gasteiger partial charge in [0.25, 0.3) is 5.91 Å². The van der Waals surface area contributed by atoms with E-state index in [-0.39, 0.29) is 23.3 Å². The molecule has 2 atom stereocenters. The van der Waals surface area contributed by atoms with E-state index >= 15 is 0 Å². The normalized spacial score (nSPS) is 26.0. The number of aryl methyl sites for hydroxylation is 1. The number of fused-ring (bicyclic) bond motifs is 1. The Kier molecular flexibility index (Phi) is 5.46. The Labute approximate surface area is 175 Å². The van der Waals surface area contributed by atoms with Gasteiger partial charge in [-0.2, -0.15) is 0 Å². The minimum absolute atomic E-state index is 0.0162. The zero-order valence-electron chi connectivity index (χ0n) is 16.9. The lowest BCUT2D eigenvalue weighted by atomic mass is 10.1. The van der Waals surface area contributed by atoms with Crippen LogP contribution in [0.2, 0.25) is 0 Å². The molecule has 1 aromatic rings. The number of nitrogens with zero attached hydrogens (tertiary/aromatic N) is 2. The van der Waals surface area contributed by atoms with Gasteiger partial charge in [-0.25, -0.2) is 4.79 Å². The molecule has 8 heteroatoms. The molecule has 156 valence electrons. The third-order valence-electron chi connectivity index (χ3n) is 5.99. The maximum absolute atomic E-state index is 12.5. The summed E-state index contributed by atoms with van der Waals surface area (Å²) >= 11 is 1.61. The van der Waals surface area contributed by atoms with Gasteiger partial charge in [0.15, 0.2) is 6.61 Å². The predicted molar refractivity (Wildman–Crippen MR) is 113 cm³/mol. The number of anilines is 2. The van der Waals surface area contributed by atoms with Crippen molar-refractivity contribution in [2.45, 2.75) is 50.4 Å². The molecule has 0 aromatic heterocycles. The summed E-state index contributed by atoms with van der Waals surface area (Å²) in [6, 6.07) is 5.24. The van der Waals surface area contributed by atoms with E-state index < -0.39 is 12.0 Å². The van der Waals surface area contributed by atoms with Gasteiger partial charge in [-0.05, 0) is 56.9 Å². The van der Waals surface area contributed by atoms with Crippen LogP contribution in [0.15, 0.2) is 18.2 Å². The standard InChI is InChI=1S/C21H27N3O4S/c1-14-11-15(5-6-16(14)23-9-3-4-10-23)22-18(25)12-28-20(27)17-13-29-21(2)8-7-19(26)24(17)21/h5-6,11,17H,3-4,7-10,12-13H2,1-2H3,(H,22,25)/t17-,21+/m1/s1. The lowest BCUT2D eigenvalue weighted by Gasteiger charge is -2.29. The van der Waals surface area contributed by atoms with Crippen LogP contribution in [0.5, 0.6) is 0 Å². The molecule has 3 fully saturated rings. The largest absolute Gasteiger partial charge is 0.454 e. The molecule has 0 spiro atoms. The fourth-order valence-electron chi connectivity index (χ4n) is 4.47. The van der Waals surface area contributed by atoms with Gasteiger partial charge in [0.1, 0.15) is 6.04 Å². The Morgan fingerprint density at radius 2 is 2.07 bits per heavy atom. The number of esters is 1. The quantitative estimate of drug-likeness (QED) is 0.742. The van der Waals surface area contributed by atoms with Crippen LogP contribution in [0.25, 0.3) is 0 Å². The van der Waals surface area contributed by atoms with Crippen LogP contribution in [0.1, 0.15) is 38.2 Å². The summed E-state index contributed by atoms with van der Waals surface area (Å²) in [6.07, 6.45) is 3.63. The van der Waals surface area contributed by atoms with E-state index in [1.165, 1.54) is 18.5 Å². The van der Waals surface area contributed by atoms with Crippen molar-refractivity contribution in [3.05, 3.63) is 23.8 Å². The van der Waals surface area contributed by atoms with Crippen molar-refractivity contribution in [1.29, 1.82) is 0 Å². The minimum atomic E-state index is -0.602. The topological polar surface area (TPSA) is 78.9 Å². The highest BCUT2D eigenvalue weighted by molar-refractivity contribution is 8.01. The molecular weight excluding hydrogens is 390 g/mol. The number of carbonyl (C=O) groups excluding carboxylic acids is 3. The first-order valence-corrected chi connectivity index (χ1v) is 11.1. The van der Waals surface area contributed by atoms with Gasteiger partial charge in [0, 0.05) is 36.6 Å². The average molecular weight is 418 g/mol. The fourth-order valence-corrected chi connectivity index (χ4v) is 5.89. The predicted octanol–water partition coefficient (Wildman–Crippen LogP) is 2.53. The molecule has 0 radical (unpaired) electrons. The van der Waals surface area contributed by atoms with Crippen molar-refractivity contribution >= 4 is 40.9 Å². The van der Waals surface area contributed by atoms with Crippen LogP contribution in [0.4, 0.5) is 11.4 Å². The zero-order valence-corrected chi connectivity index (χ0v) is 17.7. The van der Waals surface area contributed by atoms with Crippen LogP contribution >= 0.6 is 11.8 Å². The maximum atomic E-state index is 12.5. The summed E-state index contributed by atoms with van der Waals surface area (Å²) in [5, 5.41) is 2.79. The summed E-state index contributed by atoms with van der Waals surface area (Å²) in [6.45, 7) is 5.80. The van der Waals surface area contributed by atoms with Crippen LogP contribution in [-0.2, 0) is 19.1 Å². The molecule has 29 heavy (non-hydrogen) atoms. The maximum Gasteiger partial charge on any atom is 0.330 e. The molecule has 0 aliphatic carbocycles. The monoisotopic (exact) mass is 417 g/mol. The highest BCUT2D eigenvalue weighted by Crippen LogP contribution is 2.47. The number of thioether (sulfide) groups is 1. The molecule has 0 unspecified atom stereocenters. The van der Waals surface area contributed by atoms with Crippen molar-refractivity contribution in [2.24, 2.45) is 0 Å². The first-order chi connectivity index (χ1) is 13.9. The summed E-state index contributed by atoms with van der Waals surface area (Å²) in [5.41, 5.74) is 2.99. The number of nitrogens with one attached hydrogen (secondary N) is 1. The third-order valence-corrected chi connectivity index (χ3v) is 7.49. The molecule has 3 aliphatic rings. The van der Waals surface area contributed by atoms with Gasteiger partial charge in [-0.1, -0.05) is 0 Å². The Bertz CT molecular complexity index is 839. The van der Waals surface area contributed by atoms with E-state index in [1.807, 2.05) is 32.0 Å². The number of amides is 2. The molecule has 1 N–H and O–H groups in total. The van der Waals surface area contributed by atoms with E-state index in [2.05, 4.69) is 10.2 Å². The van der Waals surface area contributed by atoms with Gasteiger partial charge in [0.2, 0.25) is 5.91 Å². The van der Waals surface area contributed by atoms with E-state index in [1.54, 1.807) is 16.7 Å².